The summed E-state index contributed by atoms with van der Waals surface area (Å²) in [4.78, 5) is 12.2. The fourth-order valence-corrected chi connectivity index (χ4v) is 1.75. The number of aromatic carboxylic acids is 1. The molecule has 1 heterocycles. The zero-order valence-corrected chi connectivity index (χ0v) is 7.62. The molecule has 1 aromatic rings. The van der Waals surface area contributed by atoms with Crippen LogP contribution in [-0.4, -0.2) is 5.97 Å². The second-order valence-electron chi connectivity index (χ2n) is 2.11. The summed E-state index contributed by atoms with van der Waals surface area (Å²) in [6.45, 7) is 3.66. The largest absolute Gasteiger partial charge is 1.00 e. The standard InChI is InChI=1S/C7H8O2S.Li/c1-4-3-6(7(8)9)5(2)10-4;/h3H,1-2H3,(H,8,9);/q;+1/p-1. The molecule has 54 valence electrons. The third-order valence-electron chi connectivity index (χ3n) is 1.26. The summed E-state index contributed by atoms with van der Waals surface area (Å²) in [5.41, 5.74) is 0.322. The van der Waals surface area contributed by atoms with Gasteiger partial charge in [-0.2, -0.15) is 0 Å². The van der Waals surface area contributed by atoms with Gasteiger partial charge in [-0.15, -0.1) is 11.3 Å². The maximum absolute atomic E-state index is 10.3. The van der Waals surface area contributed by atoms with Crippen molar-refractivity contribution in [2.45, 2.75) is 13.8 Å². The molecule has 0 saturated carbocycles. The molecule has 0 unspecified atom stereocenters. The first-order chi connectivity index (χ1) is 4.61. The Morgan fingerprint density at radius 1 is 1.55 bits per heavy atom. The summed E-state index contributed by atoms with van der Waals surface area (Å²) >= 11 is 1.48. The summed E-state index contributed by atoms with van der Waals surface area (Å²) in [5.74, 6) is -1.08. The van der Waals surface area contributed by atoms with E-state index in [1.54, 1.807) is 13.0 Å². The fraction of sp³-hybridized carbons (Fsp3) is 0.286. The number of hydrogen-bond acceptors (Lipinski definition) is 3. The quantitative estimate of drug-likeness (QED) is 0.437. The number of thiophene rings is 1. The van der Waals surface area contributed by atoms with Gasteiger partial charge in [-0.25, -0.2) is 0 Å². The number of aryl methyl sites for hydroxylation is 2. The number of carboxylic acids is 1. The van der Waals surface area contributed by atoms with Crippen molar-refractivity contribution in [1.29, 1.82) is 0 Å². The Kier molecular flexibility index (Phi) is 3.88. The summed E-state index contributed by atoms with van der Waals surface area (Å²) in [7, 11) is 0. The van der Waals surface area contributed by atoms with Crippen molar-refractivity contribution in [3.05, 3.63) is 21.4 Å². The van der Waals surface area contributed by atoms with Gasteiger partial charge in [0, 0.05) is 15.3 Å². The molecule has 0 aromatic carbocycles. The minimum Gasteiger partial charge on any atom is -0.545 e. The molecule has 2 nitrogen and oxygen atoms in total. The van der Waals surface area contributed by atoms with Crippen LogP contribution < -0.4 is 24.0 Å². The molecular weight excluding hydrogens is 155 g/mol. The molecule has 0 aliphatic rings. The zero-order chi connectivity index (χ0) is 7.72. The molecule has 0 bridgehead atoms. The molecule has 0 spiro atoms. The van der Waals surface area contributed by atoms with E-state index in [4.69, 9.17) is 0 Å². The number of hydrogen-bond donors (Lipinski definition) is 0. The first-order valence-corrected chi connectivity index (χ1v) is 3.71. The van der Waals surface area contributed by atoms with Gasteiger partial charge in [0.15, 0.2) is 0 Å². The van der Waals surface area contributed by atoms with Crippen LogP contribution in [0.4, 0.5) is 0 Å². The van der Waals surface area contributed by atoms with E-state index in [-0.39, 0.29) is 18.9 Å². The van der Waals surface area contributed by atoms with Crippen molar-refractivity contribution >= 4 is 17.3 Å². The molecule has 0 amide bonds. The van der Waals surface area contributed by atoms with Crippen LogP contribution >= 0.6 is 11.3 Å². The third-order valence-corrected chi connectivity index (χ3v) is 2.23. The predicted octanol–water partition coefficient (Wildman–Crippen LogP) is -2.27. The summed E-state index contributed by atoms with van der Waals surface area (Å²) in [6, 6.07) is 1.63. The van der Waals surface area contributed by atoms with Crippen LogP contribution in [-0.2, 0) is 0 Å². The molecule has 0 N–H and O–H groups in total. The molecular formula is C7H7LiO2S. The molecule has 4 heteroatoms. The van der Waals surface area contributed by atoms with Crippen molar-refractivity contribution in [1.82, 2.24) is 0 Å². The monoisotopic (exact) mass is 162 g/mol. The molecule has 0 aliphatic carbocycles. The van der Waals surface area contributed by atoms with Crippen LogP contribution in [0.1, 0.15) is 20.1 Å². The second-order valence-corrected chi connectivity index (χ2v) is 3.57. The van der Waals surface area contributed by atoms with Gasteiger partial charge in [0.2, 0.25) is 0 Å². The number of rotatable bonds is 1. The first-order valence-electron chi connectivity index (χ1n) is 2.89. The van der Waals surface area contributed by atoms with E-state index < -0.39 is 5.97 Å². The Labute approximate surface area is 81.4 Å². The maximum Gasteiger partial charge on any atom is 1.00 e. The van der Waals surface area contributed by atoms with Gasteiger partial charge in [0.25, 0.3) is 0 Å². The van der Waals surface area contributed by atoms with E-state index in [2.05, 4.69) is 0 Å². The van der Waals surface area contributed by atoms with Crippen molar-refractivity contribution in [2.24, 2.45) is 0 Å². The van der Waals surface area contributed by atoms with Gasteiger partial charge in [-0.3, -0.25) is 0 Å². The molecule has 0 atom stereocenters. The summed E-state index contributed by atoms with van der Waals surface area (Å²) in [6.07, 6.45) is 0. The van der Waals surface area contributed by atoms with E-state index in [0.29, 0.717) is 5.56 Å². The second kappa shape index (κ2) is 3.96. The zero-order valence-electron chi connectivity index (χ0n) is 6.80. The molecule has 0 aliphatic heterocycles. The van der Waals surface area contributed by atoms with Crippen molar-refractivity contribution < 1.29 is 28.8 Å². The number of carboxylic acid groups (broad SMARTS) is 1. The van der Waals surface area contributed by atoms with Gasteiger partial charge in [-0.05, 0) is 19.9 Å². The average Bonchev–Trinajstić information content (AvgIpc) is 2.10. The smallest absolute Gasteiger partial charge is 0.545 e. The van der Waals surface area contributed by atoms with Crippen molar-refractivity contribution in [3.8, 4) is 0 Å². The predicted molar refractivity (Wildman–Crippen MR) is 38.1 cm³/mol. The van der Waals surface area contributed by atoms with Gasteiger partial charge >= 0.3 is 18.9 Å². The third kappa shape index (κ3) is 2.37. The molecule has 11 heavy (non-hydrogen) atoms. The Hall–Kier alpha value is -0.233. The Balaban J connectivity index is 0.000001000. The van der Waals surface area contributed by atoms with Crippen LogP contribution in [0.3, 0.4) is 0 Å². The minimum atomic E-state index is -1.08. The minimum absolute atomic E-state index is 0. The van der Waals surface area contributed by atoms with Crippen LogP contribution in [0, 0.1) is 13.8 Å². The summed E-state index contributed by atoms with van der Waals surface area (Å²) in [5, 5.41) is 10.3. The maximum atomic E-state index is 10.3. The van der Waals surface area contributed by atoms with Gasteiger partial charge < -0.3 is 9.90 Å². The van der Waals surface area contributed by atoms with E-state index in [0.717, 1.165) is 9.75 Å². The fourth-order valence-electron chi connectivity index (χ4n) is 0.833. The van der Waals surface area contributed by atoms with Crippen molar-refractivity contribution in [2.75, 3.05) is 0 Å². The molecule has 0 saturated heterocycles. The average molecular weight is 162 g/mol. The molecule has 0 fully saturated rings. The van der Waals surface area contributed by atoms with Gasteiger partial charge in [0.1, 0.15) is 0 Å². The Morgan fingerprint density at radius 3 is 2.27 bits per heavy atom. The van der Waals surface area contributed by atoms with Crippen LogP contribution in [0.2, 0.25) is 0 Å². The van der Waals surface area contributed by atoms with E-state index in [1.807, 2.05) is 6.92 Å². The normalized spacial score (nSPS) is 8.91. The molecule has 1 aromatic heterocycles. The van der Waals surface area contributed by atoms with Crippen molar-refractivity contribution in [3.63, 3.8) is 0 Å². The first kappa shape index (κ1) is 10.8. The number of carbonyl (C=O) groups excluding carboxylic acids is 1. The van der Waals surface area contributed by atoms with Crippen LogP contribution in [0.5, 0.6) is 0 Å². The Morgan fingerprint density at radius 2 is 2.09 bits per heavy atom. The van der Waals surface area contributed by atoms with E-state index in [1.165, 1.54) is 11.3 Å². The van der Waals surface area contributed by atoms with E-state index >= 15 is 0 Å². The topological polar surface area (TPSA) is 40.1 Å². The van der Waals surface area contributed by atoms with Gasteiger partial charge in [0.05, 0.1) is 5.97 Å². The molecule has 0 radical (unpaired) electrons. The van der Waals surface area contributed by atoms with Gasteiger partial charge in [-0.1, -0.05) is 0 Å². The number of carbonyl (C=O) groups is 1. The van der Waals surface area contributed by atoms with Crippen LogP contribution in [0.25, 0.3) is 0 Å². The SMILES string of the molecule is Cc1cc(C(=O)[O-])c(C)s1.[Li+]. The summed E-state index contributed by atoms with van der Waals surface area (Å²) < 4.78 is 0. The van der Waals surface area contributed by atoms with Crippen LogP contribution in [0.15, 0.2) is 6.07 Å². The van der Waals surface area contributed by atoms with E-state index in [9.17, 15) is 9.90 Å². The molecule has 1 rings (SSSR count). The Bertz CT molecular complexity index is 267.